The van der Waals surface area contributed by atoms with E-state index in [2.05, 4.69) is 4.98 Å². The summed E-state index contributed by atoms with van der Waals surface area (Å²) in [4.78, 5) is 3.75. The minimum absolute atomic E-state index is 0.0377. The number of anilines is 1. The molecule has 1 heterocycles. The van der Waals surface area contributed by atoms with Crippen LogP contribution in [0.25, 0.3) is 0 Å². The monoisotopic (exact) mass is 300 g/mol. The number of nitrogen functional groups attached to an aromatic ring is 1. The Morgan fingerprint density at radius 2 is 2.23 bits per heavy atom. The molecule has 72 valence electrons. The van der Waals surface area contributed by atoms with Crippen molar-refractivity contribution in [3.8, 4) is 5.88 Å². The number of pyridine rings is 1. The maximum atomic E-state index is 12.4. The molecule has 0 aliphatic heterocycles. The van der Waals surface area contributed by atoms with Gasteiger partial charge in [0.15, 0.2) is 0 Å². The third-order valence-electron chi connectivity index (χ3n) is 1.48. The Balaban J connectivity index is 3.30. The van der Waals surface area contributed by atoms with Crippen molar-refractivity contribution in [1.82, 2.24) is 4.98 Å². The molecule has 0 radical (unpaired) electrons. The maximum Gasteiger partial charge on any atom is 0.267 e. The summed E-state index contributed by atoms with van der Waals surface area (Å²) in [7, 11) is 1.33. The zero-order valence-electron chi connectivity index (χ0n) is 6.72. The number of nitrogens with two attached hydrogens (primary N) is 1. The molecule has 0 fully saturated rings. The highest BCUT2D eigenvalue weighted by molar-refractivity contribution is 14.1. The highest BCUT2D eigenvalue weighted by Gasteiger charge is 2.19. The SMILES string of the molecule is COc1ncc(I)c(C(F)F)c1N. The van der Waals surface area contributed by atoms with Gasteiger partial charge in [0.2, 0.25) is 5.88 Å². The van der Waals surface area contributed by atoms with Gasteiger partial charge in [0.25, 0.3) is 6.43 Å². The molecule has 0 aromatic carbocycles. The predicted molar refractivity (Wildman–Crippen MR) is 52.9 cm³/mol. The van der Waals surface area contributed by atoms with Crippen molar-refractivity contribution in [3.05, 3.63) is 15.3 Å². The lowest BCUT2D eigenvalue weighted by Gasteiger charge is -2.09. The van der Waals surface area contributed by atoms with E-state index in [1.54, 1.807) is 22.6 Å². The van der Waals surface area contributed by atoms with Crippen LogP contribution in [-0.2, 0) is 0 Å². The van der Waals surface area contributed by atoms with Crippen molar-refractivity contribution in [1.29, 1.82) is 0 Å². The fourth-order valence-corrected chi connectivity index (χ4v) is 1.55. The number of rotatable bonds is 2. The van der Waals surface area contributed by atoms with Crippen molar-refractivity contribution in [2.75, 3.05) is 12.8 Å². The summed E-state index contributed by atoms with van der Waals surface area (Å²) in [5, 5.41) is 0. The van der Waals surface area contributed by atoms with Crippen LogP contribution in [0.15, 0.2) is 6.20 Å². The van der Waals surface area contributed by atoms with Gasteiger partial charge in [-0.3, -0.25) is 0 Å². The summed E-state index contributed by atoms with van der Waals surface area (Å²) in [6, 6.07) is 0. The normalized spacial score (nSPS) is 10.5. The van der Waals surface area contributed by atoms with Crippen LogP contribution < -0.4 is 10.5 Å². The fourth-order valence-electron chi connectivity index (χ4n) is 0.883. The lowest BCUT2D eigenvalue weighted by molar-refractivity contribution is 0.150. The first-order chi connectivity index (χ1) is 6.07. The van der Waals surface area contributed by atoms with Gasteiger partial charge in [0, 0.05) is 9.77 Å². The van der Waals surface area contributed by atoms with Crippen LogP contribution in [-0.4, -0.2) is 12.1 Å². The van der Waals surface area contributed by atoms with Crippen LogP contribution in [0.1, 0.15) is 12.0 Å². The molecule has 13 heavy (non-hydrogen) atoms. The van der Waals surface area contributed by atoms with E-state index >= 15 is 0 Å². The first-order valence-electron chi connectivity index (χ1n) is 3.34. The lowest BCUT2D eigenvalue weighted by Crippen LogP contribution is -2.03. The molecule has 0 aliphatic carbocycles. The Morgan fingerprint density at radius 1 is 1.62 bits per heavy atom. The molecule has 2 N–H and O–H groups in total. The molecule has 3 nitrogen and oxygen atoms in total. The van der Waals surface area contributed by atoms with Crippen LogP contribution in [0.3, 0.4) is 0 Å². The quantitative estimate of drug-likeness (QED) is 0.852. The number of alkyl halides is 2. The molecule has 0 bridgehead atoms. The lowest BCUT2D eigenvalue weighted by atomic mass is 10.2. The van der Waals surface area contributed by atoms with Gasteiger partial charge in [-0.05, 0) is 22.6 Å². The van der Waals surface area contributed by atoms with E-state index in [0.717, 1.165) is 0 Å². The number of methoxy groups -OCH3 is 1. The Kier molecular flexibility index (Phi) is 3.23. The first-order valence-corrected chi connectivity index (χ1v) is 4.41. The Bertz CT molecular complexity index is 320. The third kappa shape index (κ3) is 1.98. The van der Waals surface area contributed by atoms with Gasteiger partial charge in [0.1, 0.15) is 5.69 Å². The van der Waals surface area contributed by atoms with Crippen molar-refractivity contribution in [3.63, 3.8) is 0 Å². The summed E-state index contributed by atoms with van der Waals surface area (Å²) >= 11 is 1.76. The molecule has 0 unspecified atom stereocenters. The second-order valence-corrected chi connectivity index (χ2v) is 3.41. The van der Waals surface area contributed by atoms with Crippen molar-refractivity contribution >= 4 is 28.3 Å². The molecule has 0 saturated carbocycles. The summed E-state index contributed by atoms with van der Waals surface area (Å²) in [6.07, 6.45) is -1.30. The van der Waals surface area contributed by atoms with Crippen molar-refractivity contribution < 1.29 is 13.5 Å². The molecule has 1 aromatic heterocycles. The standard InChI is InChI=1S/C7H7F2IN2O/c1-13-7-5(11)4(6(8)9)3(10)2-12-7/h2,6H,11H2,1H3. The van der Waals surface area contributed by atoms with Gasteiger partial charge < -0.3 is 10.5 Å². The van der Waals surface area contributed by atoms with E-state index < -0.39 is 6.43 Å². The van der Waals surface area contributed by atoms with E-state index in [0.29, 0.717) is 3.57 Å². The minimum atomic E-state index is -2.61. The maximum absolute atomic E-state index is 12.4. The van der Waals surface area contributed by atoms with Gasteiger partial charge >= 0.3 is 0 Å². The topological polar surface area (TPSA) is 48.1 Å². The highest BCUT2D eigenvalue weighted by atomic mass is 127. The number of aromatic nitrogens is 1. The predicted octanol–water partition coefficient (Wildman–Crippen LogP) is 2.21. The summed E-state index contributed by atoms with van der Waals surface area (Å²) in [5.74, 6) is 0.0377. The van der Waals surface area contributed by atoms with Crippen molar-refractivity contribution in [2.45, 2.75) is 6.43 Å². The number of ether oxygens (including phenoxy) is 1. The Labute approximate surface area is 87.4 Å². The second kappa shape index (κ2) is 4.03. The molecule has 0 atom stereocenters. The van der Waals surface area contributed by atoms with E-state index in [9.17, 15) is 8.78 Å². The van der Waals surface area contributed by atoms with Gasteiger partial charge in [-0.25, -0.2) is 13.8 Å². The van der Waals surface area contributed by atoms with E-state index in [4.69, 9.17) is 10.5 Å². The molecule has 1 aromatic rings. The number of hydrogen-bond donors (Lipinski definition) is 1. The summed E-state index contributed by atoms with van der Waals surface area (Å²) in [6.45, 7) is 0. The third-order valence-corrected chi connectivity index (χ3v) is 2.34. The zero-order valence-corrected chi connectivity index (χ0v) is 8.88. The average molecular weight is 300 g/mol. The molecular formula is C7H7F2IN2O. The van der Waals surface area contributed by atoms with Gasteiger partial charge in [-0.1, -0.05) is 0 Å². The molecule has 0 spiro atoms. The average Bonchev–Trinajstić information content (AvgIpc) is 2.04. The summed E-state index contributed by atoms with van der Waals surface area (Å²) < 4.78 is 29.9. The largest absolute Gasteiger partial charge is 0.480 e. The van der Waals surface area contributed by atoms with Crippen LogP contribution in [0, 0.1) is 3.57 Å². The molecule has 0 amide bonds. The van der Waals surface area contributed by atoms with Gasteiger partial charge in [-0.15, -0.1) is 0 Å². The summed E-state index contributed by atoms with van der Waals surface area (Å²) in [5.41, 5.74) is 5.11. The van der Waals surface area contributed by atoms with E-state index in [1.165, 1.54) is 13.3 Å². The van der Waals surface area contributed by atoms with Gasteiger partial charge in [0.05, 0.1) is 12.7 Å². The molecule has 6 heteroatoms. The minimum Gasteiger partial charge on any atom is -0.480 e. The highest BCUT2D eigenvalue weighted by Crippen LogP contribution is 2.33. The van der Waals surface area contributed by atoms with Crippen molar-refractivity contribution in [2.24, 2.45) is 0 Å². The van der Waals surface area contributed by atoms with E-state index in [1.807, 2.05) is 0 Å². The molecule has 1 rings (SSSR count). The molecule has 0 saturated heterocycles. The number of halogens is 3. The van der Waals surface area contributed by atoms with Crippen LogP contribution in [0.4, 0.5) is 14.5 Å². The molecular weight excluding hydrogens is 293 g/mol. The number of nitrogens with zero attached hydrogens (tertiary/aromatic N) is 1. The fraction of sp³-hybridized carbons (Fsp3) is 0.286. The van der Waals surface area contributed by atoms with E-state index in [-0.39, 0.29) is 17.1 Å². The van der Waals surface area contributed by atoms with Crippen LogP contribution in [0.5, 0.6) is 5.88 Å². The Morgan fingerprint density at radius 3 is 2.69 bits per heavy atom. The Hall–Kier alpha value is -0.660. The van der Waals surface area contributed by atoms with Crippen LogP contribution >= 0.6 is 22.6 Å². The first kappa shape index (κ1) is 10.4. The smallest absolute Gasteiger partial charge is 0.267 e. The number of hydrogen-bond acceptors (Lipinski definition) is 3. The molecule has 0 aliphatic rings. The van der Waals surface area contributed by atoms with Crippen LogP contribution in [0.2, 0.25) is 0 Å². The van der Waals surface area contributed by atoms with Gasteiger partial charge in [-0.2, -0.15) is 0 Å². The second-order valence-electron chi connectivity index (χ2n) is 2.24. The zero-order chi connectivity index (χ0) is 10.0.